The summed E-state index contributed by atoms with van der Waals surface area (Å²) in [6, 6.07) is 0. The molecule has 0 unspecified atom stereocenters. The zero-order chi connectivity index (χ0) is 6.91. The Balaban J connectivity index is 0.000000810. The second kappa shape index (κ2) is 3.77. The molecule has 3 nitrogen and oxygen atoms in total. The van der Waals surface area contributed by atoms with Crippen LogP contribution in [0.4, 0.5) is 0 Å². The molecule has 1 heterocycles. The Morgan fingerprint density at radius 3 is 2.40 bits per heavy atom. The summed E-state index contributed by atoms with van der Waals surface area (Å²) in [4.78, 5) is 0. The second-order valence-corrected chi connectivity index (χ2v) is 3.87. The van der Waals surface area contributed by atoms with Crippen LogP contribution in [-0.2, 0) is 10.0 Å². The summed E-state index contributed by atoms with van der Waals surface area (Å²) in [7, 11) is -2.93. The standard InChI is InChI=1S/C5H10NO2S.Li/c1-2-6-4-3-5-9(6,7)8;/h5H,2-4H2,1H3;/q-1;+1. The van der Waals surface area contributed by atoms with Crippen molar-refractivity contribution in [3.05, 3.63) is 5.75 Å². The van der Waals surface area contributed by atoms with Gasteiger partial charge in [-0.2, -0.15) is 12.2 Å². The van der Waals surface area contributed by atoms with Gasteiger partial charge in [0.15, 0.2) is 0 Å². The van der Waals surface area contributed by atoms with Gasteiger partial charge in [0.05, 0.1) is 10.0 Å². The fourth-order valence-corrected chi connectivity index (χ4v) is 2.25. The van der Waals surface area contributed by atoms with Gasteiger partial charge in [-0.3, -0.25) is 0 Å². The fourth-order valence-electron chi connectivity index (χ4n) is 0.916. The number of hydrogen-bond donors (Lipinski definition) is 0. The molecule has 0 aromatic heterocycles. The van der Waals surface area contributed by atoms with Crippen molar-refractivity contribution in [1.29, 1.82) is 0 Å². The molecule has 5 heteroatoms. The molecule has 1 fully saturated rings. The summed E-state index contributed by atoms with van der Waals surface area (Å²) >= 11 is 0. The van der Waals surface area contributed by atoms with Crippen LogP contribution in [0.5, 0.6) is 0 Å². The average Bonchev–Trinajstić information content (AvgIpc) is 2.08. The molecule has 1 rings (SSSR count). The molecule has 0 aromatic rings. The quantitative estimate of drug-likeness (QED) is 0.303. The average molecular weight is 155 g/mol. The van der Waals surface area contributed by atoms with E-state index in [1.54, 1.807) is 0 Å². The first-order chi connectivity index (χ1) is 4.17. The molecule has 0 aliphatic carbocycles. The predicted molar refractivity (Wildman–Crippen MR) is 35.1 cm³/mol. The topological polar surface area (TPSA) is 37.4 Å². The Morgan fingerprint density at radius 2 is 2.20 bits per heavy atom. The van der Waals surface area contributed by atoms with Crippen molar-refractivity contribution >= 4 is 10.0 Å². The van der Waals surface area contributed by atoms with Crippen LogP contribution in [0.3, 0.4) is 0 Å². The van der Waals surface area contributed by atoms with Crippen molar-refractivity contribution in [3.63, 3.8) is 0 Å². The van der Waals surface area contributed by atoms with Crippen LogP contribution in [-0.4, -0.2) is 25.8 Å². The summed E-state index contributed by atoms with van der Waals surface area (Å²) in [5.74, 6) is 1.37. The molecule has 0 saturated carbocycles. The minimum atomic E-state index is -2.93. The molecule has 0 atom stereocenters. The van der Waals surface area contributed by atoms with E-state index < -0.39 is 10.0 Å². The number of sulfonamides is 1. The van der Waals surface area contributed by atoms with Gasteiger partial charge in [0.2, 0.25) is 0 Å². The summed E-state index contributed by atoms with van der Waals surface area (Å²) in [6.45, 7) is 3.11. The summed E-state index contributed by atoms with van der Waals surface area (Å²) in [6.07, 6.45) is 0.677. The fraction of sp³-hybridized carbons (Fsp3) is 0.800. The largest absolute Gasteiger partial charge is 1.00 e. The summed E-state index contributed by atoms with van der Waals surface area (Å²) in [5.41, 5.74) is 0. The second-order valence-electron chi connectivity index (χ2n) is 1.99. The molecule has 0 aromatic carbocycles. The van der Waals surface area contributed by atoms with E-state index in [1.807, 2.05) is 6.92 Å². The van der Waals surface area contributed by atoms with Crippen LogP contribution in [0.25, 0.3) is 0 Å². The van der Waals surface area contributed by atoms with Crippen LogP contribution < -0.4 is 18.9 Å². The smallest absolute Gasteiger partial charge is 0.247 e. The molecule has 54 valence electrons. The van der Waals surface area contributed by atoms with E-state index in [4.69, 9.17) is 0 Å². The molecule has 0 amide bonds. The molecule has 0 N–H and O–H groups in total. The first-order valence-electron chi connectivity index (χ1n) is 3.00. The Bertz CT molecular complexity index is 190. The van der Waals surface area contributed by atoms with Crippen LogP contribution in [0, 0.1) is 5.75 Å². The SMILES string of the molecule is CCN1CC[CH-]S1(=O)=O.[Li+]. The number of rotatable bonds is 1. The Labute approximate surface area is 74.0 Å². The van der Waals surface area contributed by atoms with Gasteiger partial charge >= 0.3 is 18.9 Å². The maximum atomic E-state index is 10.9. The zero-order valence-electron chi connectivity index (χ0n) is 6.37. The van der Waals surface area contributed by atoms with Crippen molar-refractivity contribution in [2.24, 2.45) is 0 Å². The summed E-state index contributed by atoms with van der Waals surface area (Å²) in [5, 5.41) is 0. The number of hydrogen-bond acceptors (Lipinski definition) is 2. The third-order valence-corrected chi connectivity index (χ3v) is 3.24. The van der Waals surface area contributed by atoms with E-state index in [9.17, 15) is 8.42 Å². The van der Waals surface area contributed by atoms with Gasteiger partial charge in [-0.15, -0.1) is 0 Å². The van der Waals surface area contributed by atoms with Crippen LogP contribution in [0.2, 0.25) is 0 Å². The van der Waals surface area contributed by atoms with E-state index in [0.717, 1.165) is 0 Å². The molecular weight excluding hydrogens is 145 g/mol. The molecule has 1 saturated heterocycles. The molecule has 1 aliphatic rings. The number of nitrogens with zero attached hydrogens (tertiary/aromatic N) is 1. The molecule has 10 heavy (non-hydrogen) atoms. The monoisotopic (exact) mass is 155 g/mol. The predicted octanol–water partition coefficient (Wildman–Crippen LogP) is -2.79. The van der Waals surface area contributed by atoms with Gasteiger partial charge in [-0.05, 0) is 6.54 Å². The van der Waals surface area contributed by atoms with Gasteiger partial charge in [-0.1, -0.05) is 6.92 Å². The van der Waals surface area contributed by atoms with Crippen molar-refractivity contribution in [2.75, 3.05) is 13.1 Å². The minimum absolute atomic E-state index is 0. The van der Waals surface area contributed by atoms with E-state index in [1.165, 1.54) is 10.1 Å². The zero-order valence-corrected chi connectivity index (χ0v) is 7.19. The van der Waals surface area contributed by atoms with Crippen molar-refractivity contribution in [2.45, 2.75) is 13.3 Å². The van der Waals surface area contributed by atoms with Crippen LogP contribution >= 0.6 is 0 Å². The molecule has 0 radical (unpaired) electrons. The van der Waals surface area contributed by atoms with Crippen LogP contribution in [0.15, 0.2) is 0 Å². The molecular formula is C5H10LiNO2S. The van der Waals surface area contributed by atoms with Gasteiger partial charge in [0, 0.05) is 6.54 Å². The van der Waals surface area contributed by atoms with Crippen molar-refractivity contribution in [1.82, 2.24) is 4.31 Å². The van der Waals surface area contributed by atoms with Crippen molar-refractivity contribution < 1.29 is 27.3 Å². The normalized spacial score (nSPS) is 24.1. The maximum absolute atomic E-state index is 10.9. The molecule has 0 spiro atoms. The minimum Gasteiger partial charge on any atom is -0.247 e. The third-order valence-electron chi connectivity index (χ3n) is 1.42. The Morgan fingerprint density at radius 1 is 1.60 bits per heavy atom. The Hall–Kier alpha value is 0.507. The summed E-state index contributed by atoms with van der Waals surface area (Å²) < 4.78 is 23.2. The van der Waals surface area contributed by atoms with Gasteiger partial charge in [-0.25, -0.2) is 12.7 Å². The Kier molecular flexibility index (Phi) is 3.96. The maximum Gasteiger partial charge on any atom is 1.00 e. The molecule has 1 aliphatic heterocycles. The first kappa shape index (κ1) is 10.5. The van der Waals surface area contributed by atoms with Gasteiger partial charge in [0.1, 0.15) is 0 Å². The molecule has 0 bridgehead atoms. The third kappa shape index (κ3) is 1.99. The van der Waals surface area contributed by atoms with E-state index in [-0.39, 0.29) is 18.9 Å². The van der Waals surface area contributed by atoms with Gasteiger partial charge in [0.25, 0.3) is 0 Å². The van der Waals surface area contributed by atoms with E-state index in [2.05, 4.69) is 0 Å². The van der Waals surface area contributed by atoms with Crippen molar-refractivity contribution in [3.8, 4) is 0 Å². The van der Waals surface area contributed by atoms with Crippen LogP contribution in [0.1, 0.15) is 13.3 Å². The van der Waals surface area contributed by atoms with Gasteiger partial charge < -0.3 is 0 Å². The van der Waals surface area contributed by atoms with E-state index in [0.29, 0.717) is 19.5 Å². The first-order valence-corrected chi connectivity index (χ1v) is 4.50. The van der Waals surface area contributed by atoms with E-state index >= 15 is 0 Å².